The van der Waals surface area contributed by atoms with E-state index in [0.29, 0.717) is 17.5 Å². The summed E-state index contributed by atoms with van der Waals surface area (Å²) in [5.74, 6) is -3.34. The van der Waals surface area contributed by atoms with Crippen molar-refractivity contribution < 1.29 is 17.9 Å². The minimum Gasteiger partial charge on any atom is -0.497 e. The second-order valence-electron chi connectivity index (χ2n) is 3.83. The molecule has 0 aliphatic rings. The molecule has 0 fully saturated rings. The summed E-state index contributed by atoms with van der Waals surface area (Å²) in [6, 6.07) is 7.18. The third kappa shape index (κ3) is 2.62. The molecule has 3 nitrogen and oxygen atoms in total. The Bertz CT molecular complexity index is 604. The van der Waals surface area contributed by atoms with Gasteiger partial charge in [-0.2, -0.15) is 9.37 Å². The van der Waals surface area contributed by atoms with Crippen molar-refractivity contribution in [2.75, 3.05) is 19.1 Å². The van der Waals surface area contributed by atoms with E-state index in [1.54, 1.807) is 24.3 Å². The monoisotopic (exact) mass is 268 g/mol. The molecule has 0 N–H and O–H groups in total. The highest BCUT2D eigenvalue weighted by Crippen LogP contribution is 2.27. The number of benzene rings is 1. The zero-order valence-corrected chi connectivity index (χ0v) is 10.3. The number of rotatable bonds is 3. The van der Waals surface area contributed by atoms with Crippen molar-refractivity contribution in [2.45, 2.75) is 0 Å². The van der Waals surface area contributed by atoms with Gasteiger partial charge < -0.3 is 9.64 Å². The summed E-state index contributed by atoms with van der Waals surface area (Å²) in [6.45, 7) is 0. The third-order valence-corrected chi connectivity index (χ3v) is 2.63. The molecule has 0 aliphatic carbocycles. The Labute approximate surface area is 108 Å². The molecule has 0 aliphatic heterocycles. The number of aromatic nitrogens is 1. The van der Waals surface area contributed by atoms with Crippen molar-refractivity contribution in [1.82, 2.24) is 4.98 Å². The molecule has 19 heavy (non-hydrogen) atoms. The normalized spacial score (nSPS) is 10.4. The molecule has 0 unspecified atom stereocenters. The molecule has 0 bridgehead atoms. The Hall–Kier alpha value is -2.24. The van der Waals surface area contributed by atoms with Gasteiger partial charge >= 0.3 is 0 Å². The van der Waals surface area contributed by atoms with Crippen LogP contribution in [0.25, 0.3) is 0 Å². The largest absolute Gasteiger partial charge is 0.497 e. The zero-order chi connectivity index (χ0) is 14.0. The summed E-state index contributed by atoms with van der Waals surface area (Å²) in [6.07, 6.45) is 0. The van der Waals surface area contributed by atoms with E-state index in [1.165, 1.54) is 19.1 Å². The quantitative estimate of drug-likeness (QED) is 0.799. The first kappa shape index (κ1) is 13.2. The summed E-state index contributed by atoms with van der Waals surface area (Å²) in [4.78, 5) is 4.58. The van der Waals surface area contributed by atoms with Crippen molar-refractivity contribution in [3.8, 4) is 5.75 Å². The van der Waals surface area contributed by atoms with Crippen LogP contribution < -0.4 is 9.64 Å². The average molecular weight is 268 g/mol. The number of ether oxygens (including phenoxy) is 1. The lowest BCUT2D eigenvalue weighted by Crippen LogP contribution is -2.14. The maximum Gasteiger partial charge on any atom is 0.251 e. The number of halogens is 3. The van der Waals surface area contributed by atoms with E-state index in [9.17, 15) is 13.2 Å². The first-order valence-corrected chi connectivity index (χ1v) is 5.42. The van der Waals surface area contributed by atoms with E-state index in [-0.39, 0.29) is 5.82 Å². The summed E-state index contributed by atoms with van der Waals surface area (Å²) >= 11 is 0. The Morgan fingerprint density at radius 2 is 1.84 bits per heavy atom. The number of nitrogens with zero attached hydrogens (tertiary/aromatic N) is 2. The van der Waals surface area contributed by atoms with Gasteiger partial charge in [0.1, 0.15) is 5.75 Å². The standard InChI is InChI=1S/C13H11F3N2O/c1-18(8-4-3-5-9(6-8)19-2)13-11(15)7-10(14)12(16)17-13/h3-7H,1-2H3. The third-order valence-electron chi connectivity index (χ3n) is 2.63. The number of pyridine rings is 1. The average Bonchev–Trinajstić information content (AvgIpc) is 2.42. The van der Waals surface area contributed by atoms with Crippen LogP contribution in [-0.4, -0.2) is 19.1 Å². The van der Waals surface area contributed by atoms with Gasteiger partial charge in [-0.15, -0.1) is 0 Å². The fourth-order valence-electron chi connectivity index (χ4n) is 1.61. The number of anilines is 2. The Balaban J connectivity index is 2.43. The summed E-state index contributed by atoms with van der Waals surface area (Å²) in [5, 5.41) is 0. The van der Waals surface area contributed by atoms with Crippen molar-refractivity contribution in [3.63, 3.8) is 0 Å². The molecule has 0 amide bonds. The zero-order valence-electron chi connectivity index (χ0n) is 10.3. The van der Waals surface area contributed by atoms with Gasteiger partial charge in [-0.3, -0.25) is 0 Å². The van der Waals surface area contributed by atoms with Crippen molar-refractivity contribution in [1.29, 1.82) is 0 Å². The van der Waals surface area contributed by atoms with E-state index >= 15 is 0 Å². The van der Waals surface area contributed by atoms with Crippen LogP contribution in [0.1, 0.15) is 0 Å². The molecule has 1 heterocycles. The van der Waals surface area contributed by atoms with Crippen LogP contribution in [0.5, 0.6) is 5.75 Å². The van der Waals surface area contributed by atoms with Gasteiger partial charge in [0.05, 0.1) is 7.11 Å². The molecule has 0 saturated heterocycles. The minimum absolute atomic E-state index is 0.299. The van der Waals surface area contributed by atoms with Crippen LogP contribution >= 0.6 is 0 Å². The maximum atomic E-state index is 13.6. The second kappa shape index (κ2) is 5.17. The molecule has 0 radical (unpaired) electrons. The summed E-state index contributed by atoms with van der Waals surface area (Å²) < 4.78 is 44.6. The molecule has 1 aromatic carbocycles. The lowest BCUT2D eigenvalue weighted by Gasteiger charge is -2.19. The van der Waals surface area contributed by atoms with Crippen molar-refractivity contribution in [2.24, 2.45) is 0 Å². The first-order valence-electron chi connectivity index (χ1n) is 5.42. The van der Waals surface area contributed by atoms with Crippen LogP contribution in [0.3, 0.4) is 0 Å². The maximum absolute atomic E-state index is 13.6. The van der Waals surface area contributed by atoms with Crippen LogP contribution in [0, 0.1) is 17.6 Å². The Morgan fingerprint density at radius 3 is 2.53 bits per heavy atom. The molecule has 1 aromatic heterocycles. The molecule has 0 spiro atoms. The van der Waals surface area contributed by atoms with E-state index in [4.69, 9.17) is 4.74 Å². The number of hydrogen-bond acceptors (Lipinski definition) is 3. The van der Waals surface area contributed by atoms with Crippen LogP contribution in [0.15, 0.2) is 30.3 Å². The lowest BCUT2D eigenvalue weighted by molar-refractivity contribution is 0.415. The topological polar surface area (TPSA) is 25.4 Å². The van der Waals surface area contributed by atoms with E-state index < -0.39 is 17.6 Å². The molecular formula is C13H11F3N2O. The molecule has 6 heteroatoms. The molecule has 0 saturated carbocycles. The number of hydrogen-bond donors (Lipinski definition) is 0. The Kier molecular flexibility index (Phi) is 3.59. The second-order valence-corrected chi connectivity index (χ2v) is 3.83. The number of methoxy groups -OCH3 is 1. The SMILES string of the molecule is COc1cccc(N(C)c2nc(F)c(F)cc2F)c1. The molecule has 2 aromatic rings. The van der Waals surface area contributed by atoms with E-state index in [0.717, 1.165) is 0 Å². The predicted octanol–water partition coefficient (Wildman–Crippen LogP) is 3.28. The fraction of sp³-hybridized carbons (Fsp3) is 0.154. The van der Waals surface area contributed by atoms with Gasteiger partial charge in [-0.1, -0.05) is 6.07 Å². The Morgan fingerprint density at radius 1 is 1.11 bits per heavy atom. The van der Waals surface area contributed by atoms with Gasteiger partial charge in [-0.25, -0.2) is 8.78 Å². The predicted molar refractivity (Wildman–Crippen MR) is 65.2 cm³/mol. The lowest BCUT2D eigenvalue weighted by atomic mass is 10.2. The smallest absolute Gasteiger partial charge is 0.251 e. The first-order chi connectivity index (χ1) is 9.02. The molecule has 100 valence electrons. The molecule has 2 rings (SSSR count). The molecular weight excluding hydrogens is 257 g/mol. The van der Waals surface area contributed by atoms with Gasteiger partial charge in [0, 0.05) is 24.9 Å². The van der Waals surface area contributed by atoms with Crippen LogP contribution in [0.2, 0.25) is 0 Å². The van der Waals surface area contributed by atoms with Gasteiger partial charge in [0.25, 0.3) is 5.95 Å². The van der Waals surface area contributed by atoms with Gasteiger partial charge in [-0.05, 0) is 12.1 Å². The molecule has 0 atom stereocenters. The van der Waals surface area contributed by atoms with Crippen LogP contribution in [0.4, 0.5) is 24.7 Å². The van der Waals surface area contributed by atoms with Gasteiger partial charge in [0.2, 0.25) is 0 Å². The fourth-order valence-corrected chi connectivity index (χ4v) is 1.61. The van der Waals surface area contributed by atoms with E-state index in [1.807, 2.05) is 0 Å². The van der Waals surface area contributed by atoms with Crippen molar-refractivity contribution in [3.05, 3.63) is 47.9 Å². The van der Waals surface area contributed by atoms with Crippen LogP contribution in [-0.2, 0) is 0 Å². The summed E-state index contributed by atoms with van der Waals surface area (Å²) in [7, 11) is 2.99. The van der Waals surface area contributed by atoms with Gasteiger partial charge in [0.15, 0.2) is 17.5 Å². The highest BCUT2D eigenvalue weighted by Gasteiger charge is 2.16. The minimum atomic E-state index is -1.34. The van der Waals surface area contributed by atoms with Crippen molar-refractivity contribution >= 4 is 11.5 Å². The van der Waals surface area contributed by atoms with E-state index in [2.05, 4.69) is 4.98 Å². The highest BCUT2D eigenvalue weighted by molar-refractivity contribution is 5.61. The summed E-state index contributed by atoms with van der Waals surface area (Å²) in [5.41, 5.74) is 0.539. The highest BCUT2D eigenvalue weighted by atomic mass is 19.2.